The number of benzene rings is 2. The van der Waals surface area contributed by atoms with Gasteiger partial charge < -0.3 is 15.0 Å². The summed E-state index contributed by atoms with van der Waals surface area (Å²) in [5.41, 5.74) is 0.923. The standard InChI is InChI=1S/C21H23ClN2O3/c1-3-13-23-21(26)16(2)24(14-17-9-5-4-6-10-17)20(25)15-27-19-12-8-7-11-18(19)22/h3-12,16H,1,13-15H2,2H3,(H,23,26)/t16-/m0/s1. The Bertz CT molecular complexity index is 780. The molecule has 2 amide bonds. The van der Waals surface area contributed by atoms with Crippen LogP contribution in [0.25, 0.3) is 0 Å². The Kier molecular flexibility index (Phi) is 7.89. The zero-order valence-corrected chi connectivity index (χ0v) is 16.0. The van der Waals surface area contributed by atoms with Crippen molar-refractivity contribution in [2.75, 3.05) is 13.2 Å². The highest BCUT2D eigenvalue weighted by Crippen LogP contribution is 2.23. The van der Waals surface area contributed by atoms with E-state index in [-0.39, 0.29) is 18.4 Å². The smallest absolute Gasteiger partial charge is 0.261 e. The van der Waals surface area contributed by atoms with Crippen molar-refractivity contribution in [2.45, 2.75) is 19.5 Å². The van der Waals surface area contributed by atoms with Gasteiger partial charge in [-0.15, -0.1) is 6.58 Å². The molecule has 142 valence electrons. The minimum Gasteiger partial charge on any atom is -0.482 e. The van der Waals surface area contributed by atoms with Crippen LogP contribution in [0.2, 0.25) is 5.02 Å². The minimum absolute atomic E-state index is 0.213. The molecule has 2 rings (SSSR count). The second-order valence-corrected chi connectivity index (χ2v) is 6.34. The van der Waals surface area contributed by atoms with Crippen LogP contribution in [0.1, 0.15) is 12.5 Å². The third-order valence-electron chi connectivity index (χ3n) is 3.97. The van der Waals surface area contributed by atoms with Gasteiger partial charge in [-0.05, 0) is 24.6 Å². The van der Waals surface area contributed by atoms with Crippen molar-refractivity contribution < 1.29 is 14.3 Å². The Labute approximate surface area is 164 Å². The Balaban J connectivity index is 2.12. The molecule has 1 N–H and O–H groups in total. The molecule has 0 spiro atoms. The van der Waals surface area contributed by atoms with Gasteiger partial charge in [-0.25, -0.2) is 0 Å². The average Bonchev–Trinajstić information content (AvgIpc) is 2.69. The average molecular weight is 387 g/mol. The van der Waals surface area contributed by atoms with Crippen molar-refractivity contribution in [1.82, 2.24) is 10.2 Å². The number of halogens is 1. The first-order valence-electron chi connectivity index (χ1n) is 8.62. The Morgan fingerprint density at radius 3 is 2.52 bits per heavy atom. The van der Waals surface area contributed by atoms with Gasteiger partial charge in [-0.3, -0.25) is 9.59 Å². The third kappa shape index (κ3) is 6.15. The maximum atomic E-state index is 12.8. The van der Waals surface area contributed by atoms with Gasteiger partial charge in [0, 0.05) is 13.1 Å². The lowest BCUT2D eigenvalue weighted by Gasteiger charge is -2.28. The third-order valence-corrected chi connectivity index (χ3v) is 4.28. The predicted molar refractivity (Wildman–Crippen MR) is 107 cm³/mol. The first-order chi connectivity index (χ1) is 13.0. The summed E-state index contributed by atoms with van der Waals surface area (Å²) < 4.78 is 5.56. The number of nitrogens with zero attached hydrogens (tertiary/aromatic N) is 1. The predicted octanol–water partition coefficient (Wildman–Crippen LogP) is 3.44. The zero-order chi connectivity index (χ0) is 19.6. The van der Waals surface area contributed by atoms with Gasteiger partial charge in [0.1, 0.15) is 11.8 Å². The molecule has 2 aromatic carbocycles. The lowest BCUT2D eigenvalue weighted by atomic mass is 10.1. The van der Waals surface area contributed by atoms with Crippen molar-refractivity contribution in [1.29, 1.82) is 0 Å². The van der Waals surface area contributed by atoms with Crippen LogP contribution in [0.3, 0.4) is 0 Å². The molecule has 0 unspecified atom stereocenters. The molecule has 0 aromatic heterocycles. The van der Waals surface area contributed by atoms with Crippen LogP contribution >= 0.6 is 11.6 Å². The topological polar surface area (TPSA) is 58.6 Å². The summed E-state index contributed by atoms with van der Waals surface area (Å²) in [6.07, 6.45) is 1.59. The van der Waals surface area contributed by atoms with Crippen LogP contribution in [0, 0.1) is 0 Å². The van der Waals surface area contributed by atoms with E-state index >= 15 is 0 Å². The second kappa shape index (κ2) is 10.4. The van der Waals surface area contributed by atoms with E-state index in [0.717, 1.165) is 5.56 Å². The van der Waals surface area contributed by atoms with Gasteiger partial charge in [0.2, 0.25) is 5.91 Å². The monoisotopic (exact) mass is 386 g/mol. The van der Waals surface area contributed by atoms with Crippen molar-refractivity contribution in [3.8, 4) is 5.75 Å². The van der Waals surface area contributed by atoms with Gasteiger partial charge in [0.15, 0.2) is 6.61 Å². The molecular formula is C21H23ClN2O3. The fraction of sp³-hybridized carbons (Fsp3) is 0.238. The minimum atomic E-state index is -0.660. The maximum absolute atomic E-state index is 12.8. The molecule has 0 fully saturated rings. The molecule has 0 aliphatic carbocycles. The van der Waals surface area contributed by atoms with Crippen molar-refractivity contribution >= 4 is 23.4 Å². The fourth-order valence-corrected chi connectivity index (χ4v) is 2.66. The van der Waals surface area contributed by atoms with E-state index in [9.17, 15) is 9.59 Å². The summed E-state index contributed by atoms with van der Waals surface area (Å²) in [5, 5.41) is 3.15. The summed E-state index contributed by atoms with van der Waals surface area (Å²) in [6.45, 7) is 5.70. The molecule has 0 aliphatic rings. The molecule has 6 heteroatoms. The molecule has 0 heterocycles. The maximum Gasteiger partial charge on any atom is 0.261 e. The van der Waals surface area contributed by atoms with Crippen LogP contribution in [-0.4, -0.2) is 35.9 Å². The van der Waals surface area contributed by atoms with Gasteiger partial charge in [-0.1, -0.05) is 60.1 Å². The Hall–Kier alpha value is -2.79. The van der Waals surface area contributed by atoms with E-state index in [1.165, 1.54) is 4.90 Å². The molecule has 27 heavy (non-hydrogen) atoms. The second-order valence-electron chi connectivity index (χ2n) is 5.94. The number of nitrogens with one attached hydrogen (secondary N) is 1. The largest absolute Gasteiger partial charge is 0.482 e. The summed E-state index contributed by atoms with van der Waals surface area (Å²) in [7, 11) is 0. The van der Waals surface area contributed by atoms with E-state index in [0.29, 0.717) is 23.9 Å². The van der Waals surface area contributed by atoms with Gasteiger partial charge in [-0.2, -0.15) is 0 Å². The molecule has 0 saturated carbocycles. The number of hydrogen-bond acceptors (Lipinski definition) is 3. The first-order valence-corrected chi connectivity index (χ1v) is 9.00. The highest BCUT2D eigenvalue weighted by Gasteiger charge is 2.26. The Morgan fingerprint density at radius 1 is 1.19 bits per heavy atom. The number of carbonyl (C=O) groups is 2. The normalized spacial score (nSPS) is 11.3. The Morgan fingerprint density at radius 2 is 1.85 bits per heavy atom. The lowest BCUT2D eigenvalue weighted by Crippen LogP contribution is -2.49. The summed E-state index contributed by atoms with van der Waals surface area (Å²) >= 11 is 6.06. The summed E-state index contributed by atoms with van der Waals surface area (Å²) in [4.78, 5) is 26.7. The molecule has 0 radical (unpaired) electrons. The highest BCUT2D eigenvalue weighted by atomic mass is 35.5. The van der Waals surface area contributed by atoms with Crippen LogP contribution in [0.5, 0.6) is 5.75 Å². The highest BCUT2D eigenvalue weighted by molar-refractivity contribution is 6.32. The number of rotatable bonds is 9. The number of hydrogen-bond donors (Lipinski definition) is 1. The number of amides is 2. The fourth-order valence-electron chi connectivity index (χ4n) is 2.47. The lowest BCUT2D eigenvalue weighted by molar-refractivity contribution is -0.142. The molecule has 5 nitrogen and oxygen atoms in total. The molecule has 1 atom stereocenters. The molecule has 0 saturated heterocycles. The van der Waals surface area contributed by atoms with E-state index < -0.39 is 6.04 Å². The van der Waals surface area contributed by atoms with Gasteiger partial charge in [0.25, 0.3) is 5.91 Å². The van der Waals surface area contributed by atoms with Crippen molar-refractivity contribution in [2.24, 2.45) is 0 Å². The van der Waals surface area contributed by atoms with Crippen molar-refractivity contribution in [3.05, 3.63) is 77.8 Å². The molecular weight excluding hydrogens is 364 g/mol. The van der Waals surface area contributed by atoms with E-state index in [1.54, 1.807) is 37.3 Å². The number of ether oxygens (including phenoxy) is 1. The molecule has 0 bridgehead atoms. The van der Waals surface area contributed by atoms with Crippen molar-refractivity contribution in [3.63, 3.8) is 0 Å². The van der Waals surface area contributed by atoms with Gasteiger partial charge >= 0.3 is 0 Å². The number of carbonyl (C=O) groups excluding carboxylic acids is 2. The number of para-hydroxylation sites is 1. The SMILES string of the molecule is C=CCNC(=O)[C@H](C)N(Cc1ccccc1)C(=O)COc1ccccc1Cl. The van der Waals surface area contributed by atoms with Crippen LogP contribution in [-0.2, 0) is 16.1 Å². The molecule has 2 aromatic rings. The zero-order valence-electron chi connectivity index (χ0n) is 15.2. The van der Waals surface area contributed by atoms with Crippen LogP contribution in [0.4, 0.5) is 0 Å². The van der Waals surface area contributed by atoms with E-state index in [2.05, 4.69) is 11.9 Å². The van der Waals surface area contributed by atoms with Crippen LogP contribution in [0.15, 0.2) is 67.3 Å². The van der Waals surface area contributed by atoms with Crippen LogP contribution < -0.4 is 10.1 Å². The molecule has 0 aliphatic heterocycles. The van der Waals surface area contributed by atoms with E-state index in [4.69, 9.17) is 16.3 Å². The quantitative estimate of drug-likeness (QED) is 0.671. The first kappa shape index (κ1) is 20.5. The van der Waals surface area contributed by atoms with E-state index in [1.807, 2.05) is 30.3 Å². The summed E-state index contributed by atoms with van der Waals surface area (Å²) in [5.74, 6) is -0.132. The van der Waals surface area contributed by atoms with Gasteiger partial charge in [0.05, 0.1) is 5.02 Å². The summed E-state index contributed by atoms with van der Waals surface area (Å²) in [6, 6.07) is 15.8.